The largest absolute Gasteiger partial charge is 0.464 e. The molecule has 5 nitrogen and oxygen atoms in total. The molecule has 2 aliphatic rings. The minimum absolute atomic E-state index is 0.0799. The molecule has 0 spiro atoms. The van der Waals surface area contributed by atoms with Crippen LogP contribution in [0.4, 0.5) is 0 Å². The predicted molar refractivity (Wildman–Crippen MR) is 82.7 cm³/mol. The van der Waals surface area contributed by atoms with Crippen LogP contribution in [0.3, 0.4) is 0 Å². The number of aryl methyl sites for hydroxylation is 1. The summed E-state index contributed by atoms with van der Waals surface area (Å²) in [6.45, 7) is 5.42. The van der Waals surface area contributed by atoms with Crippen LogP contribution in [0.1, 0.15) is 29.3 Å². The smallest absolute Gasteiger partial charge is 0.323 e. The van der Waals surface area contributed by atoms with Gasteiger partial charge in [-0.05, 0) is 24.1 Å². The van der Waals surface area contributed by atoms with Crippen molar-refractivity contribution in [3.63, 3.8) is 0 Å². The van der Waals surface area contributed by atoms with Crippen molar-refractivity contribution in [2.75, 3.05) is 32.8 Å². The van der Waals surface area contributed by atoms with Gasteiger partial charge in [0.2, 0.25) is 0 Å². The summed E-state index contributed by atoms with van der Waals surface area (Å²) in [6, 6.07) is 7.72. The molecule has 0 aromatic heterocycles. The van der Waals surface area contributed by atoms with E-state index in [2.05, 4.69) is 11.8 Å². The van der Waals surface area contributed by atoms with Crippen LogP contribution in [0, 0.1) is 0 Å². The number of amides is 1. The molecule has 2 aliphatic heterocycles. The zero-order valence-electron chi connectivity index (χ0n) is 13.0. The molecule has 1 atom stereocenters. The third-order valence-corrected chi connectivity index (χ3v) is 4.56. The Morgan fingerprint density at radius 2 is 1.86 bits per heavy atom. The first-order valence-electron chi connectivity index (χ1n) is 7.98. The second-order valence-corrected chi connectivity index (χ2v) is 5.85. The maximum atomic E-state index is 12.5. The van der Waals surface area contributed by atoms with Gasteiger partial charge in [-0.2, -0.15) is 0 Å². The number of nitrogens with zero attached hydrogens (tertiary/aromatic N) is 2. The van der Waals surface area contributed by atoms with Crippen LogP contribution >= 0.6 is 0 Å². The van der Waals surface area contributed by atoms with Gasteiger partial charge in [-0.15, -0.1) is 0 Å². The molecule has 0 N–H and O–H groups in total. The van der Waals surface area contributed by atoms with E-state index in [9.17, 15) is 9.59 Å². The Kier molecular flexibility index (Phi) is 4.43. The van der Waals surface area contributed by atoms with Crippen LogP contribution in [0.25, 0.3) is 0 Å². The summed E-state index contributed by atoms with van der Waals surface area (Å²) in [5.41, 5.74) is 1.98. The standard InChI is InChI=1S/C17H22N2O3/c1-2-13-3-5-14(6-4-13)16(20)19-10-8-18(9-11-19)15-7-12-22-17(15)21/h3-6,15H,2,7-12H2,1H3/t15-/m1/s1. The lowest BCUT2D eigenvalue weighted by molar-refractivity contribution is -0.142. The number of carbonyl (C=O) groups excluding carboxylic acids is 2. The molecule has 118 valence electrons. The number of carbonyl (C=O) groups is 2. The van der Waals surface area contributed by atoms with Crippen molar-refractivity contribution in [1.29, 1.82) is 0 Å². The van der Waals surface area contributed by atoms with Gasteiger partial charge in [-0.3, -0.25) is 14.5 Å². The van der Waals surface area contributed by atoms with Crippen LogP contribution in [-0.2, 0) is 16.0 Å². The maximum absolute atomic E-state index is 12.5. The highest BCUT2D eigenvalue weighted by Gasteiger charge is 2.34. The van der Waals surface area contributed by atoms with E-state index in [-0.39, 0.29) is 17.9 Å². The first-order chi connectivity index (χ1) is 10.7. The van der Waals surface area contributed by atoms with Crippen molar-refractivity contribution in [1.82, 2.24) is 9.80 Å². The number of esters is 1. The zero-order valence-corrected chi connectivity index (χ0v) is 13.0. The predicted octanol–water partition coefficient (Wildman–Crippen LogP) is 1.32. The van der Waals surface area contributed by atoms with Crippen LogP contribution in [0.15, 0.2) is 24.3 Å². The number of benzene rings is 1. The topological polar surface area (TPSA) is 49.9 Å². The number of piperazine rings is 1. The number of hydrogen-bond acceptors (Lipinski definition) is 4. The molecular weight excluding hydrogens is 280 g/mol. The molecule has 1 aromatic rings. The minimum atomic E-state index is -0.116. The summed E-state index contributed by atoms with van der Waals surface area (Å²) in [4.78, 5) is 28.1. The molecule has 0 radical (unpaired) electrons. The summed E-state index contributed by atoms with van der Waals surface area (Å²) < 4.78 is 5.02. The highest BCUT2D eigenvalue weighted by molar-refractivity contribution is 5.94. The Morgan fingerprint density at radius 1 is 1.18 bits per heavy atom. The summed E-state index contributed by atoms with van der Waals surface area (Å²) in [6.07, 6.45) is 1.75. The van der Waals surface area contributed by atoms with E-state index >= 15 is 0 Å². The van der Waals surface area contributed by atoms with Crippen molar-refractivity contribution in [3.05, 3.63) is 35.4 Å². The third-order valence-electron chi connectivity index (χ3n) is 4.56. The normalized spacial score (nSPS) is 22.7. The van der Waals surface area contributed by atoms with Gasteiger partial charge in [0.25, 0.3) is 5.91 Å². The summed E-state index contributed by atoms with van der Waals surface area (Å²) in [5, 5.41) is 0. The molecule has 2 fully saturated rings. The molecule has 22 heavy (non-hydrogen) atoms. The van der Waals surface area contributed by atoms with Crippen molar-refractivity contribution in [2.45, 2.75) is 25.8 Å². The zero-order chi connectivity index (χ0) is 15.5. The SMILES string of the molecule is CCc1ccc(C(=O)N2CCN([C@@H]3CCOC3=O)CC2)cc1. The van der Waals surface area contributed by atoms with E-state index in [0.29, 0.717) is 19.7 Å². The summed E-state index contributed by atoms with van der Waals surface area (Å²) in [7, 11) is 0. The molecule has 0 saturated carbocycles. The van der Waals surface area contributed by atoms with Gasteiger partial charge in [0, 0.05) is 38.2 Å². The molecule has 1 amide bonds. The van der Waals surface area contributed by atoms with Gasteiger partial charge in [0.15, 0.2) is 0 Å². The van der Waals surface area contributed by atoms with Gasteiger partial charge in [0.1, 0.15) is 6.04 Å². The average Bonchev–Trinajstić information content (AvgIpc) is 3.00. The van der Waals surface area contributed by atoms with Crippen LogP contribution < -0.4 is 0 Å². The average molecular weight is 302 g/mol. The third kappa shape index (κ3) is 2.99. The fraction of sp³-hybridized carbons (Fsp3) is 0.529. The summed E-state index contributed by atoms with van der Waals surface area (Å²) in [5.74, 6) is -0.0359. The van der Waals surface area contributed by atoms with Gasteiger partial charge >= 0.3 is 5.97 Å². The van der Waals surface area contributed by atoms with Crippen molar-refractivity contribution < 1.29 is 14.3 Å². The van der Waals surface area contributed by atoms with Crippen molar-refractivity contribution in [2.24, 2.45) is 0 Å². The first kappa shape index (κ1) is 15.0. The van der Waals surface area contributed by atoms with Gasteiger partial charge in [0.05, 0.1) is 6.61 Å². The molecule has 0 unspecified atom stereocenters. The fourth-order valence-electron chi connectivity index (χ4n) is 3.12. The van der Waals surface area contributed by atoms with Crippen LogP contribution in [0.2, 0.25) is 0 Å². The van der Waals surface area contributed by atoms with E-state index in [4.69, 9.17) is 4.74 Å². The lowest BCUT2D eigenvalue weighted by Crippen LogP contribution is -2.53. The van der Waals surface area contributed by atoms with Gasteiger partial charge < -0.3 is 9.64 Å². The quantitative estimate of drug-likeness (QED) is 0.790. The Bertz CT molecular complexity index is 548. The Hall–Kier alpha value is -1.88. The van der Waals surface area contributed by atoms with E-state index in [1.165, 1.54) is 5.56 Å². The molecular formula is C17H22N2O3. The fourth-order valence-corrected chi connectivity index (χ4v) is 3.12. The molecule has 2 heterocycles. The lowest BCUT2D eigenvalue weighted by Gasteiger charge is -2.36. The van der Waals surface area contributed by atoms with Crippen LogP contribution in [0.5, 0.6) is 0 Å². The molecule has 3 rings (SSSR count). The molecule has 1 aromatic carbocycles. The minimum Gasteiger partial charge on any atom is -0.464 e. The molecule has 2 saturated heterocycles. The molecule has 0 aliphatic carbocycles. The van der Waals surface area contributed by atoms with Gasteiger partial charge in [-0.25, -0.2) is 0 Å². The Labute approximate surface area is 130 Å². The second-order valence-electron chi connectivity index (χ2n) is 5.85. The number of cyclic esters (lactones) is 1. The van der Waals surface area contributed by atoms with E-state index in [0.717, 1.165) is 31.5 Å². The number of rotatable bonds is 3. The second kappa shape index (κ2) is 6.48. The van der Waals surface area contributed by atoms with E-state index in [1.807, 2.05) is 29.2 Å². The highest BCUT2D eigenvalue weighted by atomic mass is 16.5. The summed E-state index contributed by atoms with van der Waals surface area (Å²) >= 11 is 0. The van der Waals surface area contributed by atoms with Gasteiger partial charge in [-0.1, -0.05) is 19.1 Å². The van der Waals surface area contributed by atoms with E-state index in [1.54, 1.807) is 0 Å². The maximum Gasteiger partial charge on any atom is 0.323 e. The number of hydrogen-bond donors (Lipinski definition) is 0. The lowest BCUT2D eigenvalue weighted by atomic mass is 10.1. The Balaban J connectivity index is 1.58. The number of ether oxygens (including phenoxy) is 1. The van der Waals surface area contributed by atoms with Crippen LogP contribution in [-0.4, -0.2) is 60.5 Å². The molecule has 5 heteroatoms. The van der Waals surface area contributed by atoms with E-state index < -0.39 is 0 Å². The molecule has 0 bridgehead atoms. The van der Waals surface area contributed by atoms with Crippen molar-refractivity contribution in [3.8, 4) is 0 Å². The monoisotopic (exact) mass is 302 g/mol. The van der Waals surface area contributed by atoms with Crippen molar-refractivity contribution >= 4 is 11.9 Å². The highest BCUT2D eigenvalue weighted by Crippen LogP contribution is 2.17. The Morgan fingerprint density at radius 3 is 2.41 bits per heavy atom. The first-order valence-corrected chi connectivity index (χ1v) is 7.98.